The fraction of sp³-hybridized carbons (Fsp3) is 0. The van der Waals surface area contributed by atoms with Gasteiger partial charge in [-0.15, -0.1) is 10.2 Å². The van der Waals surface area contributed by atoms with Crippen molar-refractivity contribution in [1.29, 1.82) is 0 Å². The Morgan fingerprint density at radius 1 is 1.00 bits per heavy atom. The fourth-order valence-corrected chi connectivity index (χ4v) is 0.916. The third-order valence-corrected chi connectivity index (χ3v) is 1.51. The summed E-state index contributed by atoms with van der Waals surface area (Å²) < 4.78 is 0. The Hall–Kier alpha value is -2.04. The summed E-state index contributed by atoms with van der Waals surface area (Å²) in [6, 6.07) is 5.55. The van der Waals surface area contributed by atoms with E-state index >= 15 is 0 Å². The summed E-state index contributed by atoms with van der Waals surface area (Å²) in [4.78, 5) is 7.92. The summed E-state index contributed by atoms with van der Waals surface area (Å²) in [5, 5.41) is 7.48. The van der Waals surface area contributed by atoms with E-state index in [-0.39, 0.29) is 5.95 Å². The average molecular weight is 173 g/mol. The number of nitrogens with zero attached hydrogens (tertiary/aromatic N) is 4. The van der Waals surface area contributed by atoms with E-state index in [0.717, 1.165) is 5.69 Å². The maximum absolute atomic E-state index is 5.30. The van der Waals surface area contributed by atoms with Crippen LogP contribution >= 0.6 is 0 Å². The number of aromatic nitrogens is 4. The molecule has 5 heteroatoms. The van der Waals surface area contributed by atoms with Crippen molar-refractivity contribution in [1.82, 2.24) is 20.2 Å². The molecule has 2 aromatic heterocycles. The number of hydrogen-bond acceptors (Lipinski definition) is 5. The lowest BCUT2D eigenvalue weighted by molar-refractivity contribution is 0.986. The molecule has 0 aliphatic heterocycles. The summed E-state index contributed by atoms with van der Waals surface area (Å²) in [6.07, 6.45) is 3.23. The number of nitrogens with two attached hydrogens (primary N) is 1. The lowest BCUT2D eigenvalue weighted by Crippen LogP contribution is -1.98. The van der Waals surface area contributed by atoms with Crippen LogP contribution in [0.5, 0.6) is 0 Å². The maximum atomic E-state index is 5.30. The molecule has 2 aromatic rings. The Morgan fingerprint density at radius 2 is 1.92 bits per heavy atom. The van der Waals surface area contributed by atoms with Crippen LogP contribution in [0.2, 0.25) is 0 Å². The van der Waals surface area contributed by atoms with Crippen LogP contribution in [-0.4, -0.2) is 20.2 Å². The van der Waals surface area contributed by atoms with Crippen LogP contribution in [0.1, 0.15) is 0 Å². The van der Waals surface area contributed by atoms with E-state index in [1.54, 1.807) is 12.4 Å². The largest absolute Gasteiger partial charge is 0.366 e. The highest BCUT2D eigenvalue weighted by Crippen LogP contribution is 2.10. The van der Waals surface area contributed by atoms with Crippen LogP contribution < -0.4 is 5.73 Å². The molecule has 13 heavy (non-hydrogen) atoms. The summed E-state index contributed by atoms with van der Waals surface area (Å²) in [5.74, 6) is 0.166. The normalized spacial score (nSPS) is 9.85. The van der Waals surface area contributed by atoms with Crippen LogP contribution in [0, 0.1) is 0 Å². The van der Waals surface area contributed by atoms with Gasteiger partial charge >= 0.3 is 0 Å². The smallest absolute Gasteiger partial charge is 0.240 e. The molecule has 0 amide bonds. The average Bonchev–Trinajstić information content (AvgIpc) is 2.20. The minimum absolute atomic E-state index is 0.166. The van der Waals surface area contributed by atoms with Gasteiger partial charge in [-0.2, -0.15) is 0 Å². The first-order chi connectivity index (χ1) is 6.36. The van der Waals surface area contributed by atoms with Crippen molar-refractivity contribution < 1.29 is 0 Å². The van der Waals surface area contributed by atoms with E-state index in [2.05, 4.69) is 20.2 Å². The molecule has 0 saturated carbocycles. The predicted molar refractivity (Wildman–Crippen MR) is 47.5 cm³/mol. The van der Waals surface area contributed by atoms with Gasteiger partial charge in [0.25, 0.3) is 0 Å². The van der Waals surface area contributed by atoms with Gasteiger partial charge in [0.15, 0.2) is 0 Å². The summed E-state index contributed by atoms with van der Waals surface area (Å²) in [6.45, 7) is 0. The Labute approximate surface area is 74.7 Å². The van der Waals surface area contributed by atoms with Crippen LogP contribution in [-0.2, 0) is 0 Å². The van der Waals surface area contributed by atoms with Crippen LogP contribution in [0.15, 0.2) is 30.6 Å². The van der Waals surface area contributed by atoms with Crippen molar-refractivity contribution in [3.8, 4) is 11.4 Å². The second-order valence-electron chi connectivity index (χ2n) is 2.42. The maximum Gasteiger partial charge on any atom is 0.240 e. The van der Waals surface area contributed by atoms with Gasteiger partial charge < -0.3 is 5.73 Å². The first-order valence-electron chi connectivity index (χ1n) is 3.73. The van der Waals surface area contributed by atoms with Crippen molar-refractivity contribution in [2.24, 2.45) is 0 Å². The second kappa shape index (κ2) is 3.14. The highest BCUT2D eigenvalue weighted by atomic mass is 15.2. The molecule has 0 spiro atoms. The van der Waals surface area contributed by atoms with Crippen molar-refractivity contribution in [3.05, 3.63) is 30.6 Å². The second-order valence-corrected chi connectivity index (χ2v) is 2.42. The van der Waals surface area contributed by atoms with E-state index < -0.39 is 0 Å². The molecular weight excluding hydrogens is 166 g/mol. The van der Waals surface area contributed by atoms with E-state index in [9.17, 15) is 0 Å². The minimum atomic E-state index is 0.166. The first-order valence-corrected chi connectivity index (χ1v) is 3.73. The van der Waals surface area contributed by atoms with Crippen molar-refractivity contribution in [3.63, 3.8) is 0 Å². The molecule has 5 nitrogen and oxygen atoms in total. The molecule has 0 unspecified atom stereocenters. The monoisotopic (exact) mass is 173 g/mol. The summed E-state index contributed by atoms with van der Waals surface area (Å²) >= 11 is 0. The highest BCUT2D eigenvalue weighted by molar-refractivity contribution is 5.51. The zero-order chi connectivity index (χ0) is 9.10. The minimum Gasteiger partial charge on any atom is -0.366 e. The number of nitrogen functional groups attached to an aromatic ring is 1. The van der Waals surface area contributed by atoms with E-state index in [1.807, 2.05) is 18.2 Å². The molecule has 0 aliphatic carbocycles. The molecule has 2 heterocycles. The standard InChI is InChI=1S/C8H7N5/c9-8-11-5-7(12-13-8)6-3-1-2-4-10-6/h1-5H,(H2,9,11,13). The Balaban J connectivity index is 2.42. The molecule has 0 bridgehead atoms. The van der Waals surface area contributed by atoms with Gasteiger partial charge in [-0.1, -0.05) is 6.07 Å². The van der Waals surface area contributed by atoms with Crippen molar-refractivity contribution >= 4 is 5.95 Å². The molecule has 0 saturated heterocycles. The van der Waals surface area contributed by atoms with Gasteiger partial charge in [0.05, 0.1) is 11.9 Å². The van der Waals surface area contributed by atoms with Gasteiger partial charge in [0, 0.05) is 6.20 Å². The molecule has 2 rings (SSSR count). The Bertz CT molecular complexity index is 383. The lowest BCUT2D eigenvalue weighted by Gasteiger charge is -1.96. The summed E-state index contributed by atoms with van der Waals surface area (Å²) in [7, 11) is 0. The predicted octanol–water partition coefficient (Wildman–Crippen LogP) is 0.516. The van der Waals surface area contributed by atoms with Crippen molar-refractivity contribution in [2.45, 2.75) is 0 Å². The van der Waals surface area contributed by atoms with Gasteiger partial charge in [-0.3, -0.25) is 4.98 Å². The van der Waals surface area contributed by atoms with Crippen LogP contribution in [0.25, 0.3) is 11.4 Å². The van der Waals surface area contributed by atoms with Crippen LogP contribution in [0.3, 0.4) is 0 Å². The molecule has 0 aromatic carbocycles. The fourth-order valence-electron chi connectivity index (χ4n) is 0.916. The van der Waals surface area contributed by atoms with E-state index in [4.69, 9.17) is 5.73 Å². The summed E-state index contributed by atoms with van der Waals surface area (Å²) in [5.41, 5.74) is 6.66. The molecule has 0 atom stereocenters. The third-order valence-electron chi connectivity index (χ3n) is 1.51. The van der Waals surface area contributed by atoms with E-state index in [1.165, 1.54) is 0 Å². The molecule has 0 aliphatic rings. The van der Waals surface area contributed by atoms with Crippen molar-refractivity contribution in [2.75, 3.05) is 5.73 Å². The van der Waals surface area contributed by atoms with Crippen LogP contribution in [0.4, 0.5) is 5.95 Å². The molecule has 0 radical (unpaired) electrons. The van der Waals surface area contributed by atoms with Gasteiger partial charge in [-0.25, -0.2) is 4.98 Å². The molecule has 2 N–H and O–H groups in total. The number of anilines is 1. The van der Waals surface area contributed by atoms with Gasteiger partial charge in [-0.05, 0) is 12.1 Å². The van der Waals surface area contributed by atoms with Gasteiger partial charge in [0.1, 0.15) is 5.69 Å². The highest BCUT2D eigenvalue weighted by Gasteiger charge is 1.99. The van der Waals surface area contributed by atoms with E-state index in [0.29, 0.717) is 5.69 Å². The van der Waals surface area contributed by atoms with Gasteiger partial charge in [0.2, 0.25) is 5.95 Å². The zero-order valence-electron chi connectivity index (χ0n) is 6.75. The SMILES string of the molecule is Nc1ncc(-c2ccccn2)nn1. The quantitative estimate of drug-likeness (QED) is 0.680. The molecule has 64 valence electrons. The zero-order valence-corrected chi connectivity index (χ0v) is 6.75. The first kappa shape index (κ1) is 7.60. The molecular formula is C8H7N5. The lowest BCUT2D eigenvalue weighted by atomic mass is 10.3. The third kappa shape index (κ3) is 1.58. The Kier molecular flexibility index (Phi) is 1.84. The number of hydrogen-bond donors (Lipinski definition) is 1. The number of pyridine rings is 1. The molecule has 0 fully saturated rings. The topological polar surface area (TPSA) is 77.6 Å². The number of rotatable bonds is 1. The Morgan fingerprint density at radius 3 is 2.54 bits per heavy atom.